The molecule has 2 aromatic rings. The van der Waals surface area contributed by atoms with Gasteiger partial charge in [-0.15, -0.1) is 0 Å². The number of rotatable bonds is 4. The molecular formula is C16H20N2S. The molecule has 2 nitrogen and oxygen atoms in total. The van der Waals surface area contributed by atoms with Crippen molar-refractivity contribution in [2.24, 2.45) is 0 Å². The van der Waals surface area contributed by atoms with Crippen LogP contribution in [0.1, 0.15) is 0 Å². The van der Waals surface area contributed by atoms with Gasteiger partial charge in [0.2, 0.25) is 0 Å². The van der Waals surface area contributed by atoms with E-state index in [4.69, 9.17) is 0 Å². The highest BCUT2D eigenvalue weighted by molar-refractivity contribution is 7.99. The number of anilines is 1. The van der Waals surface area contributed by atoms with Crippen molar-refractivity contribution in [3.8, 4) is 0 Å². The molecule has 0 bridgehead atoms. The van der Waals surface area contributed by atoms with E-state index >= 15 is 0 Å². The number of nitrogens with one attached hydrogen (secondary N) is 1. The minimum atomic E-state index is 1.03. The summed E-state index contributed by atoms with van der Waals surface area (Å²) in [6.07, 6.45) is 0. The highest BCUT2D eigenvalue weighted by Gasteiger charge is 2.09. The zero-order valence-electron chi connectivity index (χ0n) is 11.1. The number of thioether (sulfide) groups is 1. The summed E-state index contributed by atoms with van der Waals surface area (Å²) in [6, 6.07) is 15.1. The zero-order valence-corrected chi connectivity index (χ0v) is 12.0. The van der Waals surface area contributed by atoms with Gasteiger partial charge in [0.15, 0.2) is 0 Å². The van der Waals surface area contributed by atoms with Crippen molar-refractivity contribution in [2.45, 2.75) is 0 Å². The molecule has 100 valence electrons. The lowest BCUT2D eigenvalue weighted by Gasteiger charge is -2.26. The highest BCUT2D eigenvalue weighted by atomic mass is 32.2. The molecule has 0 radical (unpaired) electrons. The van der Waals surface area contributed by atoms with E-state index in [1.807, 2.05) is 0 Å². The molecule has 0 aliphatic carbocycles. The van der Waals surface area contributed by atoms with Crippen LogP contribution in [0, 0.1) is 0 Å². The van der Waals surface area contributed by atoms with Crippen LogP contribution in [0.3, 0.4) is 0 Å². The molecule has 1 saturated heterocycles. The second-order valence-electron chi connectivity index (χ2n) is 4.94. The first kappa shape index (κ1) is 12.8. The molecule has 3 rings (SSSR count). The first-order valence-corrected chi connectivity index (χ1v) is 8.10. The number of hydrogen-bond acceptors (Lipinski definition) is 3. The molecule has 0 aromatic heterocycles. The van der Waals surface area contributed by atoms with Gasteiger partial charge >= 0.3 is 0 Å². The highest BCUT2D eigenvalue weighted by Crippen LogP contribution is 2.18. The van der Waals surface area contributed by atoms with E-state index in [0.29, 0.717) is 0 Å². The van der Waals surface area contributed by atoms with Crippen LogP contribution >= 0.6 is 11.8 Å². The van der Waals surface area contributed by atoms with E-state index < -0.39 is 0 Å². The van der Waals surface area contributed by atoms with Gasteiger partial charge in [0.25, 0.3) is 0 Å². The number of nitrogens with zero attached hydrogens (tertiary/aromatic N) is 1. The molecule has 3 heteroatoms. The largest absolute Gasteiger partial charge is 0.384 e. The van der Waals surface area contributed by atoms with Crippen LogP contribution < -0.4 is 5.32 Å². The molecule has 0 amide bonds. The normalized spacial score (nSPS) is 16.6. The Hall–Kier alpha value is -1.19. The average molecular weight is 272 g/mol. The van der Waals surface area contributed by atoms with Crippen LogP contribution in [-0.2, 0) is 0 Å². The Morgan fingerprint density at radius 1 is 1.00 bits per heavy atom. The van der Waals surface area contributed by atoms with Crippen molar-refractivity contribution >= 4 is 28.2 Å². The summed E-state index contributed by atoms with van der Waals surface area (Å²) in [6.45, 7) is 4.66. The molecule has 0 atom stereocenters. The molecule has 0 saturated carbocycles. The van der Waals surface area contributed by atoms with E-state index in [-0.39, 0.29) is 0 Å². The van der Waals surface area contributed by atoms with E-state index in [1.165, 1.54) is 41.1 Å². The fraction of sp³-hybridized carbons (Fsp3) is 0.375. The van der Waals surface area contributed by atoms with Gasteiger partial charge in [-0.1, -0.05) is 30.3 Å². The predicted molar refractivity (Wildman–Crippen MR) is 86.2 cm³/mol. The van der Waals surface area contributed by atoms with E-state index in [2.05, 4.69) is 64.4 Å². The lowest BCUT2D eigenvalue weighted by molar-refractivity contribution is 0.314. The van der Waals surface area contributed by atoms with Gasteiger partial charge in [0.05, 0.1) is 0 Å². The summed E-state index contributed by atoms with van der Waals surface area (Å²) in [4.78, 5) is 2.55. The maximum absolute atomic E-state index is 3.54. The lowest BCUT2D eigenvalue weighted by Crippen LogP contribution is -2.36. The van der Waals surface area contributed by atoms with E-state index in [9.17, 15) is 0 Å². The SMILES string of the molecule is c1ccc2cc(NCCN3CCSCC3)ccc2c1. The predicted octanol–water partition coefficient (Wildman–Crippen LogP) is 3.30. The molecular weight excluding hydrogens is 252 g/mol. The van der Waals surface area contributed by atoms with Crippen molar-refractivity contribution in [1.82, 2.24) is 4.90 Å². The molecule has 1 fully saturated rings. The second kappa shape index (κ2) is 6.31. The Balaban J connectivity index is 1.56. The minimum Gasteiger partial charge on any atom is -0.384 e. The molecule has 1 aliphatic rings. The summed E-state index contributed by atoms with van der Waals surface area (Å²) in [5.74, 6) is 2.58. The van der Waals surface area contributed by atoms with Gasteiger partial charge in [-0.3, -0.25) is 4.90 Å². The Labute approximate surface area is 119 Å². The van der Waals surface area contributed by atoms with Crippen molar-refractivity contribution in [3.05, 3.63) is 42.5 Å². The van der Waals surface area contributed by atoms with Crippen molar-refractivity contribution in [3.63, 3.8) is 0 Å². The Morgan fingerprint density at radius 2 is 1.79 bits per heavy atom. The van der Waals surface area contributed by atoms with Crippen LogP contribution in [0.2, 0.25) is 0 Å². The van der Waals surface area contributed by atoms with Gasteiger partial charge < -0.3 is 5.32 Å². The van der Waals surface area contributed by atoms with Gasteiger partial charge in [0, 0.05) is 43.4 Å². The van der Waals surface area contributed by atoms with Gasteiger partial charge in [-0.2, -0.15) is 11.8 Å². The average Bonchev–Trinajstić information content (AvgIpc) is 2.48. The Kier molecular flexibility index (Phi) is 4.26. The monoisotopic (exact) mass is 272 g/mol. The zero-order chi connectivity index (χ0) is 12.9. The Bertz CT molecular complexity index is 535. The summed E-state index contributed by atoms with van der Waals surface area (Å²) >= 11 is 2.07. The topological polar surface area (TPSA) is 15.3 Å². The number of hydrogen-bond donors (Lipinski definition) is 1. The summed E-state index contributed by atoms with van der Waals surface area (Å²) in [7, 11) is 0. The van der Waals surface area contributed by atoms with E-state index in [1.54, 1.807) is 0 Å². The standard InChI is InChI=1S/C16H20N2S/c1-2-4-15-13-16(6-5-14(15)3-1)17-7-8-18-9-11-19-12-10-18/h1-6,13,17H,7-12H2. The van der Waals surface area contributed by atoms with Gasteiger partial charge in [-0.05, 0) is 22.9 Å². The second-order valence-corrected chi connectivity index (χ2v) is 6.17. The summed E-state index contributed by atoms with van der Waals surface area (Å²) < 4.78 is 0. The van der Waals surface area contributed by atoms with Crippen LogP contribution in [0.15, 0.2) is 42.5 Å². The van der Waals surface area contributed by atoms with Gasteiger partial charge in [-0.25, -0.2) is 0 Å². The van der Waals surface area contributed by atoms with Crippen LogP contribution in [-0.4, -0.2) is 42.6 Å². The summed E-state index contributed by atoms with van der Waals surface area (Å²) in [5, 5.41) is 6.15. The number of fused-ring (bicyclic) bond motifs is 1. The fourth-order valence-corrected chi connectivity index (χ4v) is 3.46. The first-order chi connectivity index (χ1) is 9.42. The molecule has 0 spiro atoms. The third-order valence-electron chi connectivity index (χ3n) is 3.61. The molecule has 2 aromatic carbocycles. The van der Waals surface area contributed by atoms with Crippen molar-refractivity contribution in [2.75, 3.05) is 43.0 Å². The molecule has 19 heavy (non-hydrogen) atoms. The van der Waals surface area contributed by atoms with Crippen LogP contribution in [0.4, 0.5) is 5.69 Å². The molecule has 1 aliphatic heterocycles. The number of benzene rings is 2. The third kappa shape index (κ3) is 3.43. The lowest BCUT2D eigenvalue weighted by atomic mass is 10.1. The molecule has 1 heterocycles. The third-order valence-corrected chi connectivity index (χ3v) is 4.55. The van der Waals surface area contributed by atoms with E-state index in [0.717, 1.165) is 13.1 Å². The van der Waals surface area contributed by atoms with Gasteiger partial charge in [0.1, 0.15) is 0 Å². The van der Waals surface area contributed by atoms with Crippen molar-refractivity contribution in [1.29, 1.82) is 0 Å². The van der Waals surface area contributed by atoms with Crippen molar-refractivity contribution < 1.29 is 0 Å². The summed E-state index contributed by atoms with van der Waals surface area (Å²) in [5.41, 5.74) is 1.23. The molecule has 0 unspecified atom stereocenters. The van der Waals surface area contributed by atoms with Crippen LogP contribution in [0.5, 0.6) is 0 Å². The smallest absolute Gasteiger partial charge is 0.0347 e. The van der Waals surface area contributed by atoms with Crippen LogP contribution in [0.25, 0.3) is 10.8 Å². The first-order valence-electron chi connectivity index (χ1n) is 6.94. The fourth-order valence-electron chi connectivity index (χ4n) is 2.48. The minimum absolute atomic E-state index is 1.03. The quantitative estimate of drug-likeness (QED) is 0.919. The molecule has 1 N–H and O–H groups in total. The Morgan fingerprint density at radius 3 is 2.63 bits per heavy atom. The maximum Gasteiger partial charge on any atom is 0.0347 e. The maximum atomic E-state index is 3.54.